The van der Waals surface area contributed by atoms with Crippen molar-refractivity contribution in [1.82, 2.24) is 9.62 Å². The smallest absolute Gasteiger partial charge is 0.332 e. The molecule has 0 radical (unpaired) electrons. The number of carboxylic acids is 1. The molecule has 0 saturated heterocycles. The van der Waals surface area contributed by atoms with Gasteiger partial charge in [-0.25, -0.2) is 17.9 Å². The van der Waals surface area contributed by atoms with Crippen LogP contribution in [0.1, 0.15) is 5.56 Å². The molecule has 0 spiro atoms. The van der Waals surface area contributed by atoms with Crippen LogP contribution in [0.5, 0.6) is 0 Å². The van der Waals surface area contributed by atoms with Gasteiger partial charge in [0.05, 0.1) is 4.90 Å². The summed E-state index contributed by atoms with van der Waals surface area (Å²) in [5.41, 5.74) is 0.669. The molecular formula is C16H15ClN2O5S. The van der Waals surface area contributed by atoms with E-state index in [0.29, 0.717) is 10.6 Å². The average molecular weight is 383 g/mol. The number of benzene rings is 2. The number of urea groups is 1. The van der Waals surface area contributed by atoms with Gasteiger partial charge in [-0.1, -0.05) is 41.9 Å². The van der Waals surface area contributed by atoms with E-state index in [1.807, 2.05) is 4.72 Å². The highest BCUT2D eigenvalue weighted by Crippen LogP contribution is 2.14. The summed E-state index contributed by atoms with van der Waals surface area (Å²) in [6.45, 7) is -0.689. The van der Waals surface area contributed by atoms with Gasteiger partial charge in [0.2, 0.25) is 0 Å². The molecule has 2 aromatic rings. The lowest BCUT2D eigenvalue weighted by Crippen LogP contribution is -2.44. The topological polar surface area (TPSA) is 104 Å². The summed E-state index contributed by atoms with van der Waals surface area (Å²) in [6, 6.07) is 12.9. The zero-order valence-corrected chi connectivity index (χ0v) is 14.5. The van der Waals surface area contributed by atoms with Crippen molar-refractivity contribution in [1.29, 1.82) is 0 Å². The van der Waals surface area contributed by atoms with Crippen molar-refractivity contribution in [3.63, 3.8) is 0 Å². The summed E-state index contributed by atoms with van der Waals surface area (Å²) in [5.74, 6) is -1.25. The van der Waals surface area contributed by atoms with Crippen LogP contribution in [0, 0.1) is 0 Å². The number of carboxylic acid groups (broad SMARTS) is 1. The number of hydrogen-bond donors (Lipinski definition) is 2. The fourth-order valence-electron chi connectivity index (χ4n) is 2.02. The summed E-state index contributed by atoms with van der Waals surface area (Å²) in [5, 5.41) is 9.32. The van der Waals surface area contributed by atoms with Gasteiger partial charge in [-0.2, -0.15) is 0 Å². The first-order chi connectivity index (χ1) is 11.8. The van der Waals surface area contributed by atoms with Crippen molar-refractivity contribution in [3.05, 3.63) is 65.2 Å². The van der Waals surface area contributed by atoms with Gasteiger partial charge in [0.25, 0.3) is 10.0 Å². The van der Waals surface area contributed by atoms with Gasteiger partial charge in [0, 0.05) is 11.6 Å². The highest BCUT2D eigenvalue weighted by molar-refractivity contribution is 7.90. The van der Waals surface area contributed by atoms with E-state index < -0.39 is 28.6 Å². The molecule has 2 aromatic carbocycles. The first-order valence-electron chi connectivity index (χ1n) is 7.11. The molecule has 0 saturated carbocycles. The Hall–Kier alpha value is -2.58. The lowest BCUT2D eigenvalue weighted by molar-refractivity contribution is -0.137. The van der Waals surface area contributed by atoms with Crippen LogP contribution < -0.4 is 4.72 Å². The maximum absolute atomic E-state index is 12.3. The van der Waals surface area contributed by atoms with E-state index in [2.05, 4.69) is 0 Å². The second-order valence-electron chi connectivity index (χ2n) is 5.10. The summed E-state index contributed by atoms with van der Waals surface area (Å²) in [7, 11) is -4.14. The molecule has 0 aliphatic carbocycles. The number of hydrogen-bond acceptors (Lipinski definition) is 4. The third kappa shape index (κ3) is 5.47. The molecule has 0 aliphatic heterocycles. The fraction of sp³-hybridized carbons (Fsp3) is 0.125. The minimum absolute atomic E-state index is 0.0465. The SMILES string of the molecule is O=C(O)CN(Cc1ccccc1)C(=O)NS(=O)(=O)c1ccc(Cl)cc1. The minimum Gasteiger partial charge on any atom is -0.480 e. The molecule has 9 heteroatoms. The second-order valence-corrected chi connectivity index (χ2v) is 7.22. The summed E-state index contributed by atoms with van der Waals surface area (Å²) >= 11 is 5.71. The van der Waals surface area contributed by atoms with Crippen molar-refractivity contribution < 1.29 is 23.1 Å². The first-order valence-corrected chi connectivity index (χ1v) is 8.97. The number of aliphatic carboxylic acids is 1. The van der Waals surface area contributed by atoms with Gasteiger partial charge in [0.15, 0.2) is 0 Å². The summed E-state index contributed by atoms with van der Waals surface area (Å²) in [6.07, 6.45) is 0. The molecule has 0 atom stereocenters. The number of sulfonamides is 1. The van der Waals surface area contributed by atoms with Crippen LogP contribution in [-0.2, 0) is 21.4 Å². The van der Waals surface area contributed by atoms with Crippen LogP contribution in [0.3, 0.4) is 0 Å². The molecule has 0 aromatic heterocycles. The Morgan fingerprint density at radius 2 is 1.64 bits per heavy atom. The predicted molar refractivity (Wildman–Crippen MR) is 91.7 cm³/mol. The van der Waals surface area contributed by atoms with Crippen molar-refractivity contribution in [3.8, 4) is 0 Å². The van der Waals surface area contributed by atoms with E-state index in [1.165, 1.54) is 24.3 Å². The zero-order chi connectivity index (χ0) is 18.4. The lowest BCUT2D eigenvalue weighted by atomic mass is 10.2. The van der Waals surface area contributed by atoms with Gasteiger partial charge in [-0.15, -0.1) is 0 Å². The molecule has 0 heterocycles. The monoisotopic (exact) mass is 382 g/mol. The highest BCUT2D eigenvalue weighted by Gasteiger charge is 2.23. The molecule has 0 fully saturated rings. The number of carbonyl (C=O) groups is 2. The third-order valence-corrected chi connectivity index (χ3v) is 4.76. The first kappa shape index (κ1) is 18.8. The predicted octanol–water partition coefficient (Wildman–Crippen LogP) is 2.33. The van der Waals surface area contributed by atoms with Gasteiger partial charge in [-0.05, 0) is 29.8 Å². The Kier molecular flexibility index (Phi) is 6.00. The molecule has 0 bridgehead atoms. The highest BCUT2D eigenvalue weighted by atomic mass is 35.5. The maximum atomic E-state index is 12.3. The molecule has 132 valence electrons. The van der Waals surface area contributed by atoms with Gasteiger partial charge >= 0.3 is 12.0 Å². The molecule has 2 N–H and O–H groups in total. The standard InChI is InChI=1S/C16H15ClN2O5S/c17-13-6-8-14(9-7-13)25(23,24)18-16(22)19(11-15(20)21)10-12-4-2-1-3-5-12/h1-9H,10-11H2,(H,18,22)(H,20,21). The van der Waals surface area contributed by atoms with E-state index in [0.717, 1.165) is 4.90 Å². The van der Waals surface area contributed by atoms with Crippen LogP contribution in [0.4, 0.5) is 4.79 Å². The second kappa shape index (κ2) is 8.00. The van der Waals surface area contributed by atoms with Crippen LogP contribution >= 0.6 is 11.6 Å². The Balaban J connectivity index is 2.18. The maximum Gasteiger partial charge on any atom is 0.332 e. The molecule has 25 heavy (non-hydrogen) atoms. The average Bonchev–Trinajstić information content (AvgIpc) is 2.55. The van der Waals surface area contributed by atoms with Crippen molar-refractivity contribution in [2.24, 2.45) is 0 Å². The van der Waals surface area contributed by atoms with Crippen molar-refractivity contribution in [2.45, 2.75) is 11.4 Å². The van der Waals surface area contributed by atoms with Gasteiger partial charge in [0.1, 0.15) is 6.54 Å². The molecule has 0 unspecified atom stereocenters. The summed E-state index contributed by atoms with van der Waals surface area (Å²) in [4.78, 5) is 24.0. The Bertz CT molecular complexity index is 854. The quantitative estimate of drug-likeness (QED) is 0.797. The minimum atomic E-state index is -4.14. The summed E-state index contributed by atoms with van der Waals surface area (Å²) < 4.78 is 26.4. The Labute approximate surface area is 149 Å². The van der Waals surface area contributed by atoms with Crippen LogP contribution in [-0.4, -0.2) is 37.0 Å². The molecule has 2 amide bonds. The number of halogens is 1. The van der Waals surface area contributed by atoms with E-state index in [9.17, 15) is 18.0 Å². The van der Waals surface area contributed by atoms with Gasteiger partial charge < -0.3 is 10.0 Å². The van der Waals surface area contributed by atoms with Gasteiger partial charge in [-0.3, -0.25) is 4.79 Å². The molecule has 7 nitrogen and oxygen atoms in total. The van der Waals surface area contributed by atoms with Crippen molar-refractivity contribution >= 4 is 33.6 Å². The van der Waals surface area contributed by atoms with Crippen LogP contribution in [0.2, 0.25) is 5.02 Å². The number of amides is 2. The fourth-order valence-corrected chi connectivity index (χ4v) is 3.12. The number of nitrogens with one attached hydrogen (secondary N) is 1. The van der Waals surface area contributed by atoms with Crippen LogP contribution in [0.15, 0.2) is 59.5 Å². The Morgan fingerprint density at radius 1 is 1.04 bits per heavy atom. The van der Waals surface area contributed by atoms with E-state index in [1.54, 1.807) is 30.3 Å². The Morgan fingerprint density at radius 3 is 2.20 bits per heavy atom. The van der Waals surface area contributed by atoms with Crippen molar-refractivity contribution in [2.75, 3.05) is 6.54 Å². The normalized spacial score (nSPS) is 10.9. The number of nitrogens with zero attached hydrogens (tertiary/aromatic N) is 1. The lowest BCUT2D eigenvalue weighted by Gasteiger charge is -2.21. The van der Waals surface area contributed by atoms with E-state index in [-0.39, 0.29) is 11.4 Å². The number of carbonyl (C=O) groups excluding carboxylic acids is 1. The zero-order valence-electron chi connectivity index (χ0n) is 12.9. The molecule has 2 rings (SSSR count). The largest absolute Gasteiger partial charge is 0.480 e. The molecule has 0 aliphatic rings. The van der Waals surface area contributed by atoms with E-state index >= 15 is 0 Å². The third-order valence-electron chi connectivity index (χ3n) is 3.18. The van der Waals surface area contributed by atoms with E-state index in [4.69, 9.17) is 16.7 Å². The van der Waals surface area contributed by atoms with Crippen LogP contribution in [0.25, 0.3) is 0 Å². The molecular weight excluding hydrogens is 368 g/mol. The number of rotatable bonds is 6.